The molecule has 1 heterocycles. The molecule has 0 aromatic carbocycles. The molecule has 1 aliphatic rings. The van der Waals surface area contributed by atoms with Crippen LogP contribution in [0.15, 0.2) is 0 Å². The predicted molar refractivity (Wildman–Crippen MR) is 45.3 cm³/mol. The quantitative estimate of drug-likeness (QED) is 0.513. The highest BCUT2D eigenvalue weighted by molar-refractivity contribution is 7.15. The van der Waals surface area contributed by atoms with Crippen LogP contribution in [0.4, 0.5) is 0 Å². The highest BCUT2D eigenvalue weighted by atomic mass is 31.0. The SMILES string of the molecule is CP.OCC1CNCCO1. The van der Waals surface area contributed by atoms with Gasteiger partial charge in [0.05, 0.1) is 19.3 Å². The largest absolute Gasteiger partial charge is 0.394 e. The van der Waals surface area contributed by atoms with Gasteiger partial charge in [-0.25, -0.2) is 0 Å². The van der Waals surface area contributed by atoms with E-state index in [2.05, 4.69) is 14.6 Å². The molecule has 0 saturated carbocycles. The molecule has 0 radical (unpaired) electrons. The van der Waals surface area contributed by atoms with Gasteiger partial charge in [-0.1, -0.05) is 6.66 Å². The van der Waals surface area contributed by atoms with Crippen molar-refractivity contribution in [1.29, 1.82) is 0 Å². The maximum atomic E-state index is 8.53. The molecular formula is C6H16NO2P. The van der Waals surface area contributed by atoms with E-state index >= 15 is 0 Å². The number of morpholine rings is 1. The summed E-state index contributed by atoms with van der Waals surface area (Å²) in [5, 5.41) is 11.6. The fourth-order valence-corrected chi connectivity index (χ4v) is 0.737. The van der Waals surface area contributed by atoms with Crippen molar-refractivity contribution in [1.82, 2.24) is 5.32 Å². The zero-order valence-corrected chi connectivity index (χ0v) is 7.49. The van der Waals surface area contributed by atoms with E-state index in [0.29, 0.717) is 0 Å². The second-order valence-electron chi connectivity index (χ2n) is 1.88. The van der Waals surface area contributed by atoms with Gasteiger partial charge in [0.15, 0.2) is 0 Å². The molecule has 0 aromatic heterocycles. The Balaban J connectivity index is 0.000000371. The number of nitrogens with one attached hydrogen (secondary N) is 1. The van der Waals surface area contributed by atoms with Gasteiger partial charge in [0, 0.05) is 13.1 Å². The lowest BCUT2D eigenvalue weighted by molar-refractivity contribution is -0.00618. The molecule has 0 amide bonds. The molecule has 1 fully saturated rings. The van der Waals surface area contributed by atoms with Crippen molar-refractivity contribution in [3.63, 3.8) is 0 Å². The van der Waals surface area contributed by atoms with Crippen LogP contribution in [0.5, 0.6) is 0 Å². The standard InChI is InChI=1S/C5H11NO2.CH5P/c7-4-5-3-6-1-2-8-5;1-2/h5-7H,1-4H2;2H2,1H3. The second-order valence-corrected chi connectivity index (χ2v) is 1.88. The first-order valence-electron chi connectivity index (χ1n) is 3.44. The van der Waals surface area contributed by atoms with E-state index in [-0.39, 0.29) is 12.7 Å². The van der Waals surface area contributed by atoms with Gasteiger partial charge in [-0.05, 0) is 0 Å². The Bertz CT molecular complexity index is 66.8. The van der Waals surface area contributed by atoms with Crippen LogP contribution in [0.3, 0.4) is 0 Å². The number of rotatable bonds is 1. The van der Waals surface area contributed by atoms with Crippen LogP contribution in [0.25, 0.3) is 0 Å². The number of hydrogen-bond donors (Lipinski definition) is 2. The Labute approximate surface area is 64.4 Å². The van der Waals surface area contributed by atoms with Gasteiger partial charge in [-0.15, -0.1) is 9.24 Å². The molecule has 0 aliphatic carbocycles. The van der Waals surface area contributed by atoms with Crippen molar-refractivity contribution in [3.8, 4) is 0 Å². The molecule has 2 N–H and O–H groups in total. The maximum Gasteiger partial charge on any atom is 0.0930 e. The summed E-state index contributed by atoms with van der Waals surface area (Å²) in [6.07, 6.45) is 0.0312. The summed E-state index contributed by atoms with van der Waals surface area (Å²) in [6, 6.07) is 0. The Morgan fingerprint density at radius 1 is 1.70 bits per heavy atom. The Kier molecular flexibility index (Phi) is 7.65. The van der Waals surface area contributed by atoms with Crippen molar-refractivity contribution in [2.45, 2.75) is 6.10 Å². The Hall–Kier alpha value is 0.310. The minimum Gasteiger partial charge on any atom is -0.394 e. The van der Waals surface area contributed by atoms with Crippen LogP contribution in [0, 0.1) is 0 Å². The molecule has 4 heteroatoms. The molecule has 10 heavy (non-hydrogen) atoms. The molecule has 1 saturated heterocycles. The average Bonchev–Trinajstić information content (AvgIpc) is 2.10. The molecule has 62 valence electrons. The van der Waals surface area contributed by atoms with E-state index in [1.54, 1.807) is 0 Å². The van der Waals surface area contributed by atoms with Gasteiger partial charge >= 0.3 is 0 Å². The van der Waals surface area contributed by atoms with Crippen LogP contribution in [0.2, 0.25) is 0 Å². The number of aliphatic hydroxyl groups is 1. The topological polar surface area (TPSA) is 41.5 Å². The summed E-state index contributed by atoms with van der Waals surface area (Å²) in [5.41, 5.74) is 0. The molecule has 2 unspecified atom stereocenters. The first-order chi connectivity index (χ1) is 4.93. The van der Waals surface area contributed by atoms with Crippen LogP contribution in [-0.4, -0.2) is 44.2 Å². The smallest absolute Gasteiger partial charge is 0.0930 e. The minimum absolute atomic E-state index is 0.0312. The summed E-state index contributed by atoms with van der Waals surface area (Å²) >= 11 is 0. The predicted octanol–water partition coefficient (Wildman–Crippen LogP) is -0.542. The first-order valence-corrected chi connectivity index (χ1v) is 4.60. The average molecular weight is 165 g/mol. The number of hydrogen-bond acceptors (Lipinski definition) is 3. The third-order valence-electron chi connectivity index (χ3n) is 1.21. The van der Waals surface area contributed by atoms with Gasteiger partial charge in [0.1, 0.15) is 0 Å². The summed E-state index contributed by atoms with van der Waals surface area (Å²) < 4.78 is 5.11. The maximum absolute atomic E-state index is 8.53. The van der Waals surface area contributed by atoms with Crippen molar-refractivity contribution in [2.24, 2.45) is 0 Å². The highest BCUT2D eigenvalue weighted by Gasteiger charge is 2.10. The van der Waals surface area contributed by atoms with Crippen LogP contribution >= 0.6 is 9.24 Å². The fourth-order valence-electron chi connectivity index (χ4n) is 0.737. The summed E-state index contributed by atoms with van der Waals surface area (Å²) in [4.78, 5) is 0. The third kappa shape index (κ3) is 4.18. The minimum atomic E-state index is 0.0312. The summed E-state index contributed by atoms with van der Waals surface area (Å²) in [6.45, 7) is 4.48. The van der Waals surface area contributed by atoms with Gasteiger partial charge in [-0.3, -0.25) is 0 Å². The lowest BCUT2D eigenvalue weighted by atomic mass is 10.3. The van der Waals surface area contributed by atoms with Gasteiger partial charge in [0.2, 0.25) is 0 Å². The molecule has 1 aliphatic heterocycles. The summed E-state index contributed by atoms with van der Waals surface area (Å²) in [5.74, 6) is 0. The first kappa shape index (κ1) is 10.3. The van der Waals surface area contributed by atoms with Gasteiger partial charge in [0.25, 0.3) is 0 Å². The van der Waals surface area contributed by atoms with E-state index in [4.69, 9.17) is 9.84 Å². The van der Waals surface area contributed by atoms with E-state index in [1.165, 1.54) is 0 Å². The van der Waals surface area contributed by atoms with Crippen molar-refractivity contribution < 1.29 is 9.84 Å². The lowest BCUT2D eigenvalue weighted by Gasteiger charge is -2.21. The highest BCUT2D eigenvalue weighted by Crippen LogP contribution is 1.92. The Morgan fingerprint density at radius 3 is 2.70 bits per heavy atom. The Morgan fingerprint density at radius 2 is 2.40 bits per heavy atom. The summed E-state index contributed by atoms with van der Waals surface area (Å²) in [7, 11) is 2.42. The van der Waals surface area contributed by atoms with E-state index in [0.717, 1.165) is 19.7 Å². The fraction of sp³-hybridized carbons (Fsp3) is 1.00. The number of aliphatic hydroxyl groups excluding tert-OH is 1. The van der Waals surface area contributed by atoms with Crippen LogP contribution in [-0.2, 0) is 4.74 Å². The molecule has 3 nitrogen and oxygen atoms in total. The second kappa shape index (κ2) is 7.42. The molecule has 0 spiro atoms. The lowest BCUT2D eigenvalue weighted by Crippen LogP contribution is -2.40. The zero-order valence-electron chi connectivity index (χ0n) is 6.34. The third-order valence-corrected chi connectivity index (χ3v) is 1.21. The molecule has 0 aromatic rings. The monoisotopic (exact) mass is 165 g/mol. The van der Waals surface area contributed by atoms with Crippen molar-refractivity contribution >= 4 is 9.24 Å². The number of ether oxygens (including phenoxy) is 1. The van der Waals surface area contributed by atoms with E-state index in [1.807, 2.05) is 6.66 Å². The van der Waals surface area contributed by atoms with Crippen molar-refractivity contribution in [2.75, 3.05) is 33.0 Å². The van der Waals surface area contributed by atoms with Gasteiger partial charge < -0.3 is 15.2 Å². The molecule has 1 rings (SSSR count). The zero-order chi connectivity index (χ0) is 7.82. The molecule has 0 bridgehead atoms. The van der Waals surface area contributed by atoms with Gasteiger partial charge in [-0.2, -0.15) is 0 Å². The van der Waals surface area contributed by atoms with Crippen LogP contribution in [0.1, 0.15) is 0 Å². The molecule has 2 atom stereocenters. The molecular weight excluding hydrogens is 149 g/mol. The van der Waals surface area contributed by atoms with E-state index < -0.39 is 0 Å². The van der Waals surface area contributed by atoms with Crippen LogP contribution < -0.4 is 5.32 Å². The normalized spacial score (nSPS) is 24.9. The van der Waals surface area contributed by atoms with E-state index in [9.17, 15) is 0 Å². The van der Waals surface area contributed by atoms with Crippen molar-refractivity contribution in [3.05, 3.63) is 0 Å².